The van der Waals surface area contributed by atoms with E-state index >= 15 is 0 Å². The first-order valence-electron chi connectivity index (χ1n) is 10.2. The number of ether oxygens (including phenoxy) is 1. The predicted octanol–water partition coefficient (Wildman–Crippen LogP) is 3.26. The average molecular weight is 532 g/mol. The van der Waals surface area contributed by atoms with Gasteiger partial charge in [0, 0.05) is 30.6 Å². The van der Waals surface area contributed by atoms with Crippen LogP contribution < -0.4 is 10.1 Å². The van der Waals surface area contributed by atoms with E-state index in [9.17, 15) is 27.9 Å². The number of sulfonamides is 1. The van der Waals surface area contributed by atoms with Gasteiger partial charge in [0.2, 0.25) is 0 Å². The second-order valence-corrected chi connectivity index (χ2v) is 10.5. The number of fused-ring (bicyclic) bond motifs is 1. The zero-order valence-electron chi connectivity index (χ0n) is 19.3. The molecular weight excluding hydrogens is 510 g/mol. The Kier molecular flexibility index (Phi) is 7.75. The van der Waals surface area contributed by atoms with Gasteiger partial charge in [0.1, 0.15) is 11.3 Å². The SMILES string of the molecule is CC(=O)Oc1ccccc1C(=O)O.Cc1cnc(NC(=O)C2=C(O)c3ccccc3S(=O)(=O)N2C)s1. The van der Waals surface area contributed by atoms with Gasteiger partial charge in [-0.25, -0.2) is 18.2 Å². The molecule has 4 rings (SSSR count). The summed E-state index contributed by atoms with van der Waals surface area (Å²) in [4.78, 5) is 38.5. The number of hydrogen-bond acceptors (Lipinski definition) is 9. The highest BCUT2D eigenvalue weighted by Gasteiger charge is 2.37. The molecule has 3 N–H and O–H groups in total. The molecule has 0 saturated carbocycles. The first kappa shape index (κ1) is 26.4. The lowest BCUT2D eigenvalue weighted by Crippen LogP contribution is -2.37. The number of rotatable bonds is 4. The van der Waals surface area contributed by atoms with E-state index in [1.54, 1.807) is 30.5 Å². The summed E-state index contributed by atoms with van der Waals surface area (Å²) in [5.74, 6) is -2.70. The molecule has 36 heavy (non-hydrogen) atoms. The fourth-order valence-electron chi connectivity index (χ4n) is 3.14. The Morgan fingerprint density at radius 3 is 2.33 bits per heavy atom. The molecule has 2 aromatic carbocycles. The Morgan fingerprint density at radius 2 is 1.72 bits per heavy atom. The number of nitrogens with one attached hydrogen (secondary N) is 1. The highest BCUT2D eigenvalue weighted by Crippen LogP contribution is 2.34. The molecule has 3 aromatic rings. The number of aryl methyl sites for hydroxylation is 1. The van der Waals surface area contributed by atoms with Crippen molar-refractivity contribution in [1.29, 1.82) is 0 Å². The van der Waals surface area contributed by atoms with Crippen molar-refractivity contribution < 1.29 is 37.8 Å². The monoisotopic (exact) mass is 531 g/mol. The lowest BCUT2D eigenvalue weighted by Gasteiger charge is -2.28. The van der Waals surface area contributed by atoms with Gasteiger partial charge in [0.05, 0.1) is 4.90 Å². The fraction of sp³-hybridized carbons (Fsp3) is 0.130. The molecule has 13 heteroatoms. The summed E-state index contributed by atoms with van der Waals surface area (Å²) in [7, 11) is -2.67. The zero-order valence-corrected chi connectivity index (χ0v) is 20.9. The largest absolute Gasteiger partial charge is 0.505 e. The van der Waals surface area contributed by atoms with Crippen LogP contribution in [0.1, 0.15) is 27.7 Å². The summed E-state index contributed by atoms with van der Waals surface area (Å²) in [6, 6.07) is 12.0. The maximum absolute atomic E-state index is 12.5. The van der Waals surface area contributed by atoms with Crippen molar-refractivity contribution in [2.75, 3.05) is 12.4 Å². The molecule has 0 bridgehead atoms. The van der Waals surface area contributed by atoms with Crippen LogP contribution in [0.15, 0.2) is 65.3 Å². The molecule has 1 aromatic heterocycles. The van der Waals surface area contributed by atoms with Crippen LogP contribution in [-0.2, 0) is 19.6 Å². The Balaban J connectivity index is 0.000000236. The quantitative estimate of drug-likeness (QED) is 0.339. The number of amides is 1. The number of carboxylic acids is 1. The lowest BCUT2D eigenvalue weighted by molar-refractivity contribution is -0.131. The van der Waals surface area contributed by atoms with E-state index in [0.29, 0.717) is 5.13 Å². The minimum atomic E-state index is -3.90. The number of thiazole rings is 1. The van der Waals surface area contributed by atoms with Gasteiger partial charge in [0.15, 0.2) is 16.6 Å². The number of esters is 1. The van der Waals surface area contributed by atoms with Crippen molar-refractivity contribution in [2.45, 2.75) is 18.7 Å². The van der Waals surface area contributed by atoms with E-state index in [-0.39, 0.29) is 33.2 Å². The number of likely N-dealkylation sites (N-methyl/N-ethyl adjacent to an activating group) is 1. The molecule has 1 amide bonds. The van der Waals surface area contributed by atoms with Crippen LogP contribution in [0.2, 0.25) is 0 Å². The fourth-order valence-corrected chi connectivity index (χ4v) is 5.20. The van der Waals surface area contributed by atoms with Crippen molar-refractivity contribution in [3.8, 4) is 5.75 Å². The van der Waals surface area contributed by atoms with Crippen LogP contribution in [0.5, 0.6) is 5.75 Å². The third kappa shape index (κ3) is 5.53. The van der Waals surface area contributed by atoms with Crippen LogP contribution in [0.25, 0.3) is 5.76 Å². The molecule has 1 aliphatic rings. The van der Waals surface area contributed by atoms with E-state index in [2.05, 4.69) is 15.0 Å². The van der Waals surface area contributed by atoms with Gasteiger partial charge in [-0.15, -0.1) is 11.3 Å². The van der Waals surface area contributed by atoms with Crippen LogP contribution in [0.4, 0.5) is 5.13 Å². The number of carbonyl (C=O) groups is 3. The number of anilines is 1. The Morgan fingerprint density at radius 1 is 1.08 bits per heavy atom. The van der Waals surface area contributed by atoms with E-state index in [0.717, 1.165) is 9.18 Å². The second-order valence-electron chi connectivity index (χ2n) is 7.29. The van der Waals surface area contributed by atoms with E-state index in [1.165, 1.54) is 49.6 Å². The zero-order chi connectivity index (χ0) is 26.6. The number of nitrogens with zero attached hydrogens (tertiary/aromatic N) is 2. The smallest absolute Gasteiger partial charge is 0.339 e. The molecule has 188 valence electrons. The number of carboxylic acid groups (broad SMARTS) is 1. The number of para-hydroxylation sites is 1. The van der Waals surface area contributed by atoms with Gasteiger partial charge in [-0.1, -0.05) is 24.3 Å². The standard InChI is InChI=1S/C14H13N3O4S2.C9H8O4/c1-8-7-15-14(22-8)16-13(19)11-12(18)9-5-3-4-6-10(9)23(20,21)17(11)2;1-6(10)13-8-5-3-2-4-7(8)9(11)12/h3-7,18H,1-2H3,(H,15,16,19);2-5H,1H3,(H,11,12). The Bertz CT molecular complexity index is 1480. The predicted molar refractivity (Wildman–Crippen MR) is 131 cm³/mol. The van der Waals surface area contributed by atoms with Crippen LogP contribution in [0.3, 0.4) is 0 Å². The summed E-state index contributed by atoms with van der Waals surface area (Å²) >= 11 is 1.25. The molecule has 0 radical (unpaired) electrons. The molecule has 0 saturated heterocycles. The van der Waals surface area contributed by atoms with Gasteiger partial charge in [-0.3, -0.25) is 19.2 Å². The average Bonchev–Trinajstić information content (AvgIpc) is 3.22. The number of hydrogen-bond donors (Lipinski definition) is 3. The number of aliphatic hydroxyl groups is 1. The van der Waals surface area contributed by atoms with Crippen LogP contribution >= 0.6 is 11.3 Å². The minimum Gasteiger partial charge on any atom is -0.505 e. The maximum atomic E-state index is 12.5. The minimum absolute atomic E-state index is 0.0160. The van der Waals surface area contributed by atoms with E-state index in [1.807, 2.05) is 6.92 Å². The Labute approximate surface area is 210 Å². The molecule has 0 spiro atoms. The van der Waals surface area contributed by atoms with Crippen molar-refractivity contribution >= 4 is 50.1 Å². The molecule has 0 atom stereocenters. The maximum Gasteiger partial charge on any atom is 0.339 e. The van der Waals surface area contributed by atoms with Gasteiger partial charge < -0.3 is 14.9 Å². The summed E-state index contributed by atoms with van der Waals surface area (Å²) in [5.41, 5.74) is -0.250. The number of carbonyl (C=O) groups excluding carboxylic acids is 2. The summed E-state index contributed by atoms with van der Waals surface area (Å²) in [5, 5.41) is 21.9. The number of aromatic carboxylic acids is 1. The van der Waals surface area contributed by atoms with E-state index in [4.69, 9.17) is 5.11 Å². The molecule has 0 fully saturated rings. The van der Waals surface area contributed by atoms with Gasteiger partial charge >= 0.3 is 11.9 Å². The van der Waals surface area contributed by atoms with Crippen molar-refractivity contribution in [3.05, 3.63) is 76.4 Å². The summed E-state index contributed by atoms with van der Waals surface area (Å²) < 4.78 is 30.5. The third-order valence-corrected chi connectivity index (χ3v) is 7.39. The topological polar surface area (TPSA) is 163 Å². The van der Waals surface area contributed by atoms with E-state index < -0.39 is 27.9 Å². The first-order chi connectivity index (χ1) is 16.9. The Hall–Kier alpha value is -4.23. The highest BCUT2D eigenvalue weighted by atomic mass is 32.2. The molecule has 0 unspecified atom stereocenters. The lowest BCUT2D eigenvalue weighted by atomic mass is 10.1. The van der Waals surface area contributed by atoms with Crippen molar-refractivity contribution in [1.82, 2.24) is 9.29 Å². The van der Waals surface area contributed by atoms with Crippen molar-refractivity contribution in [3.63, 3.8) is 0 Å². The van der Waals surface area contributed by atoms with Crippen LogP contribution in [-0.4, -0.2) is 52.8 Å². The number of benzene rings is 2. The second kappa shape index (κ2) is 10.6. The normalized spacial score (nSPS) is 13.7. The number of aliphatic hydroxyl groups excluding tert-OH is 1. The molecule has 11 nitrogen and oxygen atoms in total. The first-order valence-corrected chi connectivity index (χ1v) is 12.4. The van der Waals surface area contributed by atoms with Crippen molar-refractivity contribution in [2.24, 2.45) is 0 Å². The molecular formula is C23H21N3O8S2. The molecule has 0 aliphatic carbocycles. The molecule has 1 aliphatic heterocycles. The highest BCUT2D eigenvalue weighted by molar-refractivity contribution is 7.89. The van der Waals surface area contributed by atoms with Crippen LogP contribution in [0, 0.1) is 6.92 Å². The summed E-state index contributed by atoms with van der Waals surface area (Å²) in [6.45, 7) is 3.05. The third-order valence-electron chi connectivity index (χ3n) is 4.75. The van der Waals surface area contributed by atoms with Gasteiger partial charge in [-0.2, -0.15) is 0 Å². The molecule has 2 heterocycles. The van der Waals surface area contributed by atoms with Gasteiger partial charge in [-0.05, 0) is 31.2 Å². The van der Waals surface area contributed by atoms with Gasteiger partial charge in [0.25, 0.3) is 15.9 Å². The number of aromatic nitrogens is 1. The summed E-state index contributed by atoms with van der Waals surface area (Å²) in [6.07, 6.45) is 1.59.